The van der Waals surface area contributed by atoms with Crippen LogP contribution < -0.4 is 5.32 Å². The number of carboxylic acid groups (broad SMARTS) is 1. The van der Waals surface area contributed by atoms with Gasteiger partial charge in [-0.3, -0.25) is 0 Å². The second-order valence-electron chi connectivity index (χ2n) is 3.39. The molecule has 0 spiro atoms. The van der Waals surface area contributed by atoms with Crippen molar-refractivity contribution in [1.82, 2.24) is 5.32 Å². The lowest BCUT2D eigenvalue weighted by molar-refractivity contribution is 0.0655. The van der Waals surface area contributed by atoms with Crippen molar-refractivity contribution < 1.29 is 15.0 Å². The molecule has 72 valence electrons. The topological polar surface area (TPSA) is 69.6 Å². The van der Waals surface area contributed by atoms with Crippen LogP contribution >= 0.6 is 12.4 Å². The first-order valence-corrected chi connectivity index (χ1v) is 3.71. The maximum Gasteiger partial charge on any atom is 0.404 e. The predicted octanol–water partition coefficient (Wildman–Crippen LogP) is 0.979. The quantitative estimate of drug-likeness (QED) is 0.584. The standard InChI is InChI=1S/C7H13NO3.ClH/c1-7(11)3-2-5(4-7)8-6(9)10;/h5,8,11H,2-4H2,1H3,(H,9,10);1H/t5-,7+;/m0./s1. The first-order chi connectivity index (χ1) is 4.99. The average molecular weight is 196 g/mol. The Morgan fingerprint density at radius 1 is 1.67 bits per heavy atom. The lowest BCUT2D eigenvalue weighted by Crippen LogP contribution is -2.33. The van der Waals surface area contributed by atoms with Crippen molar-refractivity contribution in [2.24, 2.45) is 0 Å². The van der Waals surface area contributed by atoms with Crippen molar-refractivity contribution >= 4 is 18.5 Å². The van der Waals surface area contributed by atoms with Gasteiger partial charge in [0.05, 0.1) is 5.60 Å². The van der Waals surface area contributed by atoms with Crippen LogP contribution in [0.15, 0.2) is 0 Å². The molecule has 12 heavy (non-hydrogen) atoms. The van der Waals surface area contributed by atoms with E-state index in [9.17, 15) is 9.90 Å². The maximum atomic E-state index is 10.2. The van der Waals surface area contributed by atoms with Gasteiger partial charge in [0.25, 0.3) is 0 Å². The Balaban J connectivity index is 0.00000121. The maximum absolute atomic E-state index is 10.2. The van der Waals surface area contributed by atoms with E-state index in [4.69, 9.17) is 5.11 Å². The van der Waals surface area contributed by atoms with Gasteiger partial charge in [0.15, 0.2) is 0 Å². The van der Waals surface area contributed by atoms with Gasteiger partial charge in [-0.05, 0) is 26.2 Å². The smallest absolute Gasteiger partial charge is 0.404 e. The molecule has 1 fully saturated rings. The molecule has 3 N–H and O–H groups in total. The van der Waals surface area contributed by atoms with Gasteiger partial charge in [0.1, 0.15) is 0 Å². The van der Waals surface area contributed by atoms with Crippen molar-refractivity contribution in [3.63, 3.8) is 0 Å². The number of hydrogen-bond acceptors (Lipinski definition) is 2. The highest BCUT2D eigenvalue weighted by atomic mass is 35.5. The van der Waals surface area contributed by atoms with Crippen LogP contribution in [0.1, 0.15) is 26.2 Å². The number of hydrogen-bond donors (Lipinski definition) is 3. The van der Waals surface area contributed by atoms with Crippen LogP contribution in [0.5, 0.6) is 0 Å². The van der Waals surface area contributed by atoms with Crippen molar-refractivity contribution in [3.8, 4) is 0 Å². The van der Waals surface area contributed by atoms with E-state index in [-0.39, 0.29) is 18.4 Å². The van der Waals surface area contributed by atoms with E-state index in [1.807, 2.05) is 0 Å². The largest absolute Gasteiger partial charge is 0.465 e. The van der Waals surface area contributed by atoms with Crippen molar-refractivity contribution in [3.05, 3.63) is 0 Å². The number of aliphatic hydroxyl groups is 1. The monoisotopic (exact) mass is 195 g/mol. The summed E-state index contributed by atoms with van der Waals surface area (Å²) < 4.78 is 0. The highest BCUT2D eigenvalue weighted by molar-refractivity contribution is 5.85. The van der Waals surface area contributed by atoms with E-state index in [0.717, 1.165) is 6.42 Å². The summed E-state index contributed by atoms with van der Waals surface area (Å²) in [6.07, 6.45) is 0.934. The summed E-state index contributed by atoms with van der Waals surface area (Å²) in [4.78, 5) is 10.2. The third-order valence-corrected chi connectivity index (χ3v) is 2.05. The lowest BCUT2D eigenvalue weighted by Gasteiger charge is -2.15. The summed E-state index contributed by atoms with van der Waals surface area (Å²) in [6, 6.07) is -0.0671. The molecule has 5 heteroatoms. The molecular weight excluding hydrogens is 182 g/mol. The summed E-state index contributed by atoms with van der Waals surface area (Å²) in [5.74, 6) is 0. The van der Waals surface area contributed by atoms with Gasteiger partial charge < -0.3 is 15.5 Å². The predicted molar refractivity (Wildman–Crippen MR) is 46.7 cm³/mol. The molecule has 0 radical (unpaired) electrons. The summed E-state index contributed by atoms with van der Waals surface area (Å²) in [7, 11) is 0. The summed E-state index contributed by atoms with van der Waals surface area (Å²) in [5.41, 5.74) is -0.673. The van der Waals surface area contributed by atoms with Gasteiger partial charge in [-0.1, -0.05) is 0 Å². The fraction of sp³-hybridized carbons (Fsp3) is 0.857. The Hall–Kier alpha value is -0.480. The molecule has 0 aliphatic heterocycles. The summed E-state index contributed by atoms with van der Waals surface area (Å²) >= 11 is 0. The zero-order valence-electron chi connectivity index (χ0n) is 6.91. The van der Waals surface area contributed by atoms with E-state index in [1.165, 1.54) is 0 Å². The molecule has 1 aliphatic rings. The van der Waals surface area contributed by atoms with Crippen LogP contribution in [-0.2, 0) is 0 Å². The molecule has 0 aromatic carbocycles. The molecule has 0 aromatic rings. The molecule has 0 unspecified atom stereocenters. The van der Waals surface area contributed by atoms with Crippen LogP contribution in [0, 0.1) is 0 Å². The number of halogens is 1. The van der Waals surface area contributed by atoms with Crippen LogP contribution in [0.2, 0.25) is 0 Å². The van der Waals surface area contributed by atoms with E-state index in [2.05, 4.69) is 5.32 Å². The fourth-order valence-corrected chi connectivity index (χ4v) is 1.52. The van der Waals surface area contributed by atoms with Crippen LogP contribution in [-0.4, -0.2) is 27.9 Å². The van der Waals surface area contributed by atoms with Crippen molar-refractivity contribution in [2.45, 2.75) is 37.8 Å². The summed E-state index contributed by atoms with van der Waals surface area (Å²) in [5, 5.41) is 20.2. The third kappa shape index (κ3) is 3.28. The van der Waals surface area contributed by atoms with Gasteiger partial charge >= 0.3 is 6.09 Å². The molecule has 1 saturated carbocycles. The number of amides is 1. The Morgan fingerprint density at radius 2 is 2.25 bits per heavy atom. The Kier molecular flexibility index (Phi) is 3.80. The van der Waals surface area contributed by atoms with E-state index >= 15 is 0 Å². The number of nitrogens with one attached hydrogen (secondary N) is 1. The molecule has 0 heterocycles. The minimum atomic E-state index is -1.01. The fourth-order valence-electron chi connectivity index (χ4n) is 1.52. The normalized spacial score (nSPS) is 34.0. The van der Waals surface area contributed by atoms with Gasteiger partial charge in [-0.15, -0.1) is 12.4 Å². The first kappa shape index (κ1) is 11.5. The highest BCUT2D eigenvalue weighted by Gasteiger charge is 2.33. The Bertz CT molecular complexity index is 172. The second-order valence-corrected chi connectivity index (χ2v) is 3.39. The minimum Gasteiger partial charge on any atom is -0.465 e. The van der Waals surface area contributed by atoms with Crippen molar-refractivity contribution in [1.29, 1.82) is 0 Å². The van der Waals surface area contributed by atoms with E-state index in [1.54, 1.807) is 6.92 Å². The molecular formula is C7H14ClNO3. The van der Waals surface area contributed by atoms with E-state index < -0.39 is 11.7 Å². The lowest BCUT2D eigenvalue weighted by atomic mass is 10.1. The molecule has 0 saturated heterocycles. The molecule has 0 aromatic heterocycles. The minimum absolute atomic E-state index is 0. The van der Waals surface area contributed by atoms with Gasteiger partial charge in [0, 0.05) is 6.04 Å². The number of carbonyl (C=O) groups is 1. The zero-order chi connectivity index (χ0) is 8.48. The van der Waals surface area contributed by atoms with Crippen LogP contribution in [0.25, 0.3) is 0 Å². The molecule has 1 aliphatic carbocycles. The van der Waals surface area contributed by atoms with Gasteiger partial charge in [-0.25, -0.2) is 4.79 Å². The zero-order valence-corrected chi connectivity index (χ0v) is 7.73. The van der Waals surface area contributed by atoms with Gasteiger partial charge in [0.2, 0.25) is 0 Å². The molecule has 0 bridgehead atoms. The average Bonchev–Trinajstić information content (AvgIpc) is 2.08. The molecule has 1 amide bonds. The van der Waals surface area contributed by atoms with Crippen molar-refractivity contribution in [2.75, 3.05) is 0 Å². The second kappa shape index (κ2) is 3.96. The van der Waals surface area contributed by atoms with Gasteiger partial charge in [-0.2, -0.15) is 0 Å². The molecule has 1 rings (SSSR count). The Morgan fingerprint density at radius 3 is 2.58 bits per heavy atom. The first-order valence-electron chi connectivity index (χ1n) is 3.71. The molecule has 2 atom stereocenters. The van der Waals surface area contributed by atoms with E-state index in [0.29, 0.717) is 12.8 Å². The third-order valence-electron chi connectivity index (χ3n) is 2.05. The summed E-state index contributed by atoms with van der Waals surface area (Å²) in [6.45, 7) is 1.73. The Labute approximate surface area is 77.4 Å². The number of rotatable bonds is 1. The SMILES string of the molecule is C[C@@]1(O)CC[C@H](NC(=O)O)C1.Cl. The highest BCUT2D eigenvalue weighted by Crippen LogP contribution is 2.28. The van der Waals surface area contributed by atoms with Crippen LogP contribution in [0.3, 0.4) is 0 Å². The molecule has 4 nitrogen and oxygen atoms in total. The van der Waals surface area contributed by atoms with Crippen LogP contribution in [0.4, 0.5) is 4.79 Å².